The molecule has 2 aromatic carbocycles. The average molecular weight is 394 g/mol. The summed E-state index contributed by atoms with van der Waals surface area (Å²) in [6.07, 6.45) is 2.18. The minimum atomic E-state index is -0.576. The first kappa shape index (κ1) is 16.9. The van der Waals surface area contributed by atoms with E-state index >= 15 is 0 Å². The molecule has 1 unspecified atom stereocenters. The van der Waals surface area contributed by atoms with Crippen LogP contribution in [0.2, 0.25) is 0 Å². The molecule has 0 bridgehead atoms. The van der Waals surface area contributed by atoms with Crippen LogP contribution in [-0.2, 0) is 4.74 Å². The Bertz CT molecular complexity index is 732. The molecule has 0 spiro atoms. The zero-order valence-electron chi connectivity index (χ0n) is 12.9. The van der Waals surface area contributed by atoms with Gasteiger partial charge in [0.2, 0.25) is 0 Å². The summed E-state index contributed by atoms with van der Waals surface area (Å²) in [6.45, 7) is 1.27. The van der Waals surface area contributed by atoms with E-state index < -0.39 is 11.7 Å². The number of hydrogen-bond donors (Lipinski definition) is 1. The minimum Gasteiger partial charge on any atom is -0.491 e. The lowest BCUT2D eigenvalue weighted by Crippen LogP contribution is -2.16. The zero-order valence-corrected chi connectivity index (χ0v) is 14.5. The van der Waals surface area contributed by atoms with Gasteiger partial charge in [-0.25, -0.2) is 4.39 Å². The van der Waals surface area contributed by atoms with Gasteiger partial charge in [-0.2, -0.15) is 0 Å². The van der Waals surface area contributed by atoms with Crippen LogP contribution in [0.25, 0.3) is 0 Å². The van der Waals surface area contributed by atoms with E-state index in [1.807, 2.05) is 6.07 Å². The molecule has 1 aliphatic heterocycles. The van der Waals surface area contributed by atoms with Gasteiger partial charge in [0.15, 0.2) is 0 Å². The van der Waals surface area contributed by atoms with E-state index in [2.05, 4.69) is 21.2 Å². The second kappa shape index (κ2) is 7.77. The summed E-state index contributed by atoms with van der Waals surface area (Å²) in [6, 6.07) is 11.3. The summed E-state index contributed by atoms with van der Waals surface area (Å²) in [5.74, 6) is -0.441. The van der Waals surface area contributed by atoms with Crippen molar-refractivity contribution < 1.29 is 18.7 Å². The summed E-state index contributed by atoms with van der Waals surface area (Å²) in [7, 11) is 0. The van der Waals surface area contributed by atoms with Crippen LogP contribution in [0.3, 0.4) is 0 Å². The quantitative estimate of drug-likeness (QED) is 0.818. The molecule has 0 radical (unpaired) electrons. The molecule has 0 aromatic heterocycles. The largest absolute Gasteiger partial charge is 0.491 e. The van der Waals surface area contributed by atoms with Crippen molar-refractivity contribution in [1.82, 2.24) is 0 Å². The molecule has 126 valence electrons. The number of hydrogen-bond acceptors (Lipinski definition) is 3. The Balaban J connectivity index is 1.64. The monoisotopic (exact) mass is 393 g/mol. The third-order valence-corrected chi connectivity index (χ3v) is 4.22. The van der Waals surface area contributed by atoms with Crippen LogP contribution >= 0.6 is 15.9 Å². The molecule has 1 amide bonds. The molecule has 1 heterocycles. The maximum Gasteiger partial charge on any atom is 0.258 e. The number of nitrogens with one attached hydrogen (secondary N) is 1. The second-order valence-corrected chi connectivity index (χ2v) is 6.47. The maximum atomic E-state index is 13.8. The van der Waals surface area contributed by atoms with E-state index in [4.69, 9.17) is 9.47 Å². The van der Waals surface area contributed by atoms with Crippen molar-refractivity contribution in [1.29, 1.82) is 0 Å². The highest BCUT2D eigenvalue weighted by Crippen LogP contribution is 2.21. The lowest BCUT2D eigenvalue weighted by Gasteiger charge is -2.12. The third-order valence-electron chi connectivity index (χ3n) is 3.73. The average Bonchev–Trinajstić information content (AvgIpc) is 3.06. The van der Waals surface area contributed by atoms with Gasteiger partial charge in [0, 0.05) is 22.8 Å². The molecule has 0 aliphatic carbocycles. The number of halogens is 2. The number of carbonyl (C=O) groups excluding carboxylic acids is 1. The molecule has 2 aromatic rings. The van der Waals surface area contributed by atoms with Crippen LogP contribution in [0.15, 0.2) is 46.9 Å². The van der Waals surface area contributed by atoms with Gasteiger partial charge in [-0.15, -0.1) is 0 Å². The van der Waals surface area contributed by atoms with Gasteiger partial charge in [0.25, 0.3) is 5.91 Å². The highest BCUT2D eigenvalue weighted by atomic mass is 79.9. The number of carbonyl (C=O) groups is 1. The first-order chi connectivity index (χ1) is 11.6. The van der Waals surface area contributed by atoms with Crippen LogP contribution in [0.4, 0.5) is 10.1 Å². The summed E-state index contributed by atoms with van der Waals surface area (Å²) < 4.78 is 25.6. The first-order valence-corrected chi connectivity index (χ1v) is 8.52. The molecule has 1 N–H and O–H groups in total. The summed E-state index contributed by atoms with van der Waals surface area (Å²) >= 11 is 3.17. The second-order valence-electron chi connectivity index (χ2n) is 5.55. The highest BCUT2D eigenvalue weighted by molar-refractivity contribution is 9.10. The fourth-order valence-corrected chi connectivity index (χ4v) is 2.83. The van der Waals surface area contributed by atoms with Crippen molar-refractivity contribution in [2.75, 3.05) is 18.5 Å². The predicted molar refractivity (Wildman–Crippen MR) is 93.0 cm³/mol. The number of anilines is 1. The number of rotatable bonds is 5. The van der Waals surface area contributed by atoms with E-state index in [1.165, 1.54) is 12.1 Å². The Labute approximate surface area is 148 Å². The molecule has 1 atom stereocenters. The van der Waals surface area contributed by atoms with Crippen LogP contribution < -0.4 is 10.1 Å². The topological polar surface area (TPSA) is 47.6 Å². The maximum absolute atomic E-state index is 13.8. The van der Waals surface area contributed by atoms with Gasteiger partial charge in [-0.05, 0) is 43.2 Å². The Morgan fingerprint density at radius 1 is 1.33 bits per heavy atom. The summed E-state index contributed by atoms with van der Waals surface area (Å²) in [5, 5.41) is 2.68. The lowest BCUT2D eigenvalue weighted by atomic mass is 10.2. The molecule has 4 nitrogen and oxygen atoms in total. The normalized spacial score (nSPS) is 16.8. The van der Waals surface area contributed by atoms with Crippen molar-refractivity contribution in [3.05, 3.63) is 58.3 Å². The van der Waals surface area contributed by atoms with E-state index in [1.54, 1.807) is 24.3 Å². The van der Waals surface area contributed by atoms with Crippen molar-refractivity contribution in [3.63, 3.8) is 0 Å². The smallest absolute Gasteiger partial charge is 0.258 e. The standard InChI is InChI=1S/C18H17BrFNO3/c19-12-6-7-16(17(20)9-12)18(22)21-13-3-1-4-14(10-13)24-11-15-5-2-8-23-15/h1,3-4,6-7,9-10,15H,2,5,8,11H2,(H,21,22). The van der Waals surface area contributed by atoms with Crippen LogP contribution in [0.5, 0.6) is 5.75 Å². The Morgan fingerprint density at radius 2 is 2.21 bits per heavy atom. The van der Waals surface area contributed by atoms with Crippen molar-refractivity contribution >= 4 is 27.5 Å². The third kappa shape index (κ3) is 4.33. The summed E-state index contributed by atoms with van der Waals surface area (Å²) in [5.41, 5.74) is 0.538. The molecule has 3 rings (SSSR count). The lowest BCUT2D eigenvalue weighted by molar-refractivity contribution is 0.0680. The fraction of sp³-hybridized carbons (Fsp3) is 0.278. The fourth-order valence-electron chi connectivity index (χ4n) is 2.50. The van der Waals surface area contributed by atoms with E-state index in [9.17, 15) is 9.18 Å². The Hall–Kier alpha value is -1.92. The Morgan fingerprint density at radius 3 is 2.96 bits per heavy atom. The number of amides is 1. The number of ether oxygens (including phenoxy) is 2. The van der Waals surface area contributed by atoms with E-state index in [-0.39, 0.29) is 11.7 Å². The van der Waals surface area contributed by atoms with E-state index in [0.717, 1.165) is 19.4 Å². The summed E-state index contributed by atoms with van der Waals surface area (Å²) in [4.78, 5) is 12.2. The van der Waals surface area contributed by atoms with Crippen LogP contribution in [0.1, 0.15) is 23.2 Å². The molecule has 1 fully saturated rings. The minimum absolute atomic E-state index is 0.0103. The first-order valence-electron chi connectivity index (χ1n) is 7.73. The van der Waals surface area contributed by atoms with Gasteiger partial charge in [0.05, 0.1) is 11.7 Å². The molecule has 1 saturated heterocycles. The van der Waals surface area contributed by atoms with Gasteiger partial charge in [-0.3, -0.25) is 4.79 Å². The SMILES string of the molecule is O=C(Nc1cccc(OCC2CCCO2)c1)c1ccc(Br)cc1F. The predicted octanol–water partition coefficient (Wildman–Crippen LogP) is 4.40. The van der Waals surface area contributed by atoms with Gasteiger partial charge >= 0.3 is 0 Å². The van der Waals surface area contributed by atoms with Crippen molar-refractivity contribution in [2.45, 2.75) is 18.9 Å². The zero-order chi connectivity index (χ0) is 16.9. The van der Waals surface area contributed by atoms with Gasteiger partial charge in [0.1, 0.15) is 18.2 Å². The highest BCUT2D eigenvalue weighted by Gasteiger charge is 2.16. The van der Waals surface area contributed by atoms with Crippen molar-refractivity contribution in [2.24, 2.45) is 0 Å². The number of benzene rings is 2. The Kier molecular flexibility index (Phi) is 5.48. The van der Waals surface area contributed by atoms with E-state index in [0.29, 0.717) is 22.5 Å². The molecule has 1 aliphatic rings. The van der Waals surface area contributed by atoms with Crippen LogP contribution in [0, 0.1) is 5.82 Å². The van der Waals surface area contributed by atoms with Crippen molar-refractivity contribution in [3.8, 4) is 5.75 Å². The molecule has 24 heavy (non-hydrogen) atoms. The molecular weight excluding hydrogens is 377 g/mol. The van der Waals surface area contributed by atoms with Crippen LogP contribution in [-0.4, -0.2) is 25.2 Å². The molecule has 0 saturated carbocycles. The molecule has 6 heteroatoms. The van der Waals surface area contributed by atoms with Gasteiger partial charge in [-0.1, -0.05) is 22.0 Å². The van der Waals surface area contributed by atoms with Gasteiger partial charge < -0.3 is 14.8 Å². The molecular formula is C18H17BrFNO3.